The maximum atomic E-state index is 12.9. The number of hydrogen-bond acceptors (Lipinski definition) is 15. The van der Waals surface area contributed by atoms with Crippen molar-refractivity contribution < 1.29 is 73.8 Å². The lowest BCUT2D eigenvalue weighted by Gasteiger charge is -2.42. The third kappa shape index (κ3) is 22.7. The molecule has 0 aromatic heterocycles. The van der Waals surface area contributed by atoms with Gasteiger partial charge >= 0.3 is 11.9 Å². The van der Waals surface area contributed by atoms with E-state index in [-0.39, 0.29) is 26.1 Å². The van der Waals surface area contributed by atoms with Crippen molar-refractivity contribution in [2.75, 3.05) is 26.4 Å². The Balaban J connectivity index is 1.82. The van der Waals surface area contributed by atoms with E-state index in [1.807, 2.05) is 0 Å². The third-order valence-corrected chi connectivity index (χ3v) is 11.6. The van der Waals surface area contributed by atoms with Crippen LogP contribution in [0, 0.1) is 0 Å². The molecule has 2 heterocycles. The molecule has 11 atom stereocenters. The summed E-state index contributed by atoms with van der Waals surface area (Å²) in [5.74, 6) is -0.919. The van der Waals surface area contributed by atoms with Gasteiger partial charge in [-0.3, -0.25) is 9.59 Å². The van der Waals surface area contributed by atoms with Crippen LogP contribution in [0.1, 0.15) is 181 Å². The molecule has 7 N–H and O–H groups in total. The number of ether oxygens (including phenoxy) is 6. The largest absolute Gasteiger partial charge is 0.462 e. The molecule has 2 fully saturated rings. The Labute approximate surface area is 359 Å². The monoisotopic (exact) mass is 865 g/mol. The van der Waals surface area contributed by atoms with E-state index in [0.29, 0.717) is 12.8 Å². The number of carbonyl (C=O) groups is 2. The summed E-state index contributed by atoms with van der Waals surface area (Å²) >= 11 is 0. The fraction of sp³-hybridized carbons (Fsp3) is 0.956. The standard InChI is InChI=1S/C45H84O15/c1-3-5-7-9-11-13-14-15-16-17-18-19-20-22-24-26-28-37(48)58-33(30-55-36(47)27-25-23-21-12-10-8-6-4-2)31-56-44-43(54)41(52)39(50)35(60-44)32-57-45-42(53)40(51)38(49)34(29-46)59-45/h33-35,38-46,49-54H,3-32H2,1-2H3. The van der Waals surface area contributed by atoms with Gasteiger partial charge in [-0.25, -0.2) is 0 Å². The molecule has 0 spiro atoms. The fourth-order valence-corrected chi connectivity index (χ4v) is 7.63. The van der Waals surface area contributed by atoms with Crippen molar-refractivity contribution in [2.45, 2.75) is 248 Å². The van der Waals surface area contributed by atoms with Crippen molar-refractivity contribution in [3.63, 3.8) is 0 Å². The normalized spacial score (nSPS) is 27.5. The van der Waals surface area contributed by atoms with Crippen molar-refractivity contribution in [3.05, 3.63) is 0 Å². The Kier molecular flexibility index (Phi) is 30.9. The molecule has 0 amide bonds. The summed E-state index contributed by atoms with van der Waals surface area (Å²) in [6, 6.07) is 0. The van der Waals surface area contributed by atoms with E-state index in [1.54, 1.807) is 0 Å². The zero-order valence-corrected chi connectivity index (χ0v) is 37.0. The van der Waals surface area contributed by atoms with Gasteiger partial charge in [-0.05, 0) is 12.8 Å². The molecule has 0 aromatic rings. The number of unbranched alkanes of at least 4 members (excludes halogenated alkanes) is 22. The minimum atomic E-state index is -1.76. The Hall–Kier alpha value is -1.50. The first-order chi connectivity index (χ1) is 29.0. The molecule has 15 heteroatoms. The van der Waals surface area contributed by atoms with E-state index in [4.69, 9.17) is 28.4 Å². The number of carbonyl (C=O) groups excluding carboxylic acids is 2. The maximum Gasteiger partial charge on any atom is 0.306 e. The molecule has 2 aliphatic rings. The van der Waals surface area contributed by atoms with Crippen molar-refractivity contribution >= 4 is 11.9 Å². The Morgan fingerprint density at radius 1 is 0.467 bits per heavy atom. The molecular weight excluding hydrogens is 780 g/mol. The fourth-order valence-electron chi connectivity index (χ4n) is 7.63. The highest BCUT2D eigenvalue weighted by atomic mass is 16.7. The van der Waals surface area contributed by atoms with Crippen molar-refractivity contribution in [3.8, 4) is 0 Å². The summed E-state index contributed by atoms with van der Waals surface area (Å²) in [7, 11) is 0. The van der Waals surface area contributed by atoms with Crippen LogP contribution < -0.4 is 0 Å². The lowest BCUT2D eigenvalue weighted by molar-refractivity contribution is -0.332. The molecule has 2 aliphatic heterocycles. The highest BCUT2D eigenvalue weighted by molar-refractivity contribution is 5.70. The first-order valence-corrected chi connectivity index (χ1v) is 23.6. The van der Waals surface area contributed by atoms with Gasteiger partial charge in [0.25, 0.3) is 0 Å². The summed E-state index contributed by atoms with van der Waals surface area (Å²) in [6.07, 6.45) is 11.6. The molecule has 0 aromatic carbocycles. The molecule has 11 unspecified atom stereocenters. The third-order valence-electron chi connectivity index (χ3n) is 11.6. The maximum absolute atomic E-state index is 12.9. The summed E-state index contributed by atoms with van der Waals surface area (Å²) in [4.78, 5) is 25.5. The SMILES string of the molecule is CCCCCCCCCCCCCCCCCCC(=O)OC(COC(=O)CCCCCCCCCC)COC1OC(COC2OC(CO)C(O)C(O)C2O)C(O)C(O)C1O. The van der Waals surface area contributed by atoms with Gasteiger partial charge in [0.15, 0.2) is 18.7 Å². The van der Waals surface area contributed by atoms with E-state index >= 15 is 0 Å². The number of esters is 2. The number of aliphatic hydroxyl groups is 7. The zero-order valence-electron chi connectivity index (χ0n) is 37.0. The molecule has 0 bridgehead atoms. The average Bonchev–Trinajstić information content (AvgIpc) is 3.24. The van der Waals surface area contributed by atoms with Gasteiger partial charge in [-0.15, -0.1) is 0 Å². The van der Waals surface area contributed by atoms with Gasteiger partial charge in [-0.1, -0.05) is 155 Å². The second-order valence-corrected chi connectivity index (χ2v) is 17.0. The Morgan fingerprint density at radius 2 is 0.850 bits per heavy atom. The zero-order chi connectivity index (χ0) is 44.0. The Morgan fingerprint density at radius 3 is 1.30 bits per heavy atom. The highest BCUT2D eigenvalue weighted by Gasteiger charge is 2.47. The lowest BCUT2D eigenvalue weighted by Crippen LogP contribution is -2.61. The van der Waals surface area contributed by atoms with E-state index in [9.17, 15) is 45.3 Å². The lowest BCUT2D eigenvalue weighted by atomic mass is 9.98. The molecule has 0 radical (unpaired) electrons. The summed E-state index contributed by atoms with van der Waals surface area (Å²) in [5.41, 5.74) is 0. The predicted octanol–water partition coefficient (Wildman–Crippen LogP) is 5.26. The van der Waals surface area contributed by atoms with Gasteiger partial charge in [-0.2, -0.15) is 0 Å². The van der Waals surface area contributed by atoms with Gasteiger partial charge in [0.2, 0.25) is 0 Å². The van der Waals surface area contributed by atoms with Crippen molar-refractivity contribution in [1.82, 2.24) is 0 Å². The van der Waals surface area contributed by atoms with Crippen LogP contribution in [0.4, 0.5) is 0 Å². The quantitative estimate of drug-likeness (QED) is 0.0315. The number of rotatable bonds is 36. The van der Waals surface area contributed by atoms with E-state index in [0.717, 1.165) is 38.5 Å². The van der Waals surface area contributed by atoms with Crippen molar-refractivity contribution in [2.24, 2.45) is 0 Å². The minimum Gasteiger partial charge on any atom is -0.462 e. The van der Waals surface area contributed by atoms with E-state index < -0.39 is 92.7 Å². The molecular formula is C45H84O15. The average molecular weight is 865 g/mol. The molecule has 354 valence electrons. The van der Waals surface area contributed by atoms with Crippen LogP contribution in [-0.2, 0) is 38.0 Å². The van der Waals surface area contributed by atoms with E-state index in [2.05, 4.69) is 13.8 Å². The van der Waals surface area contributed by atoms with E-state index in [1.165, 1.54) is 103 Å². The number of hydrogen-bond donors (Lipinski definition) is 7. The molecule has 0 saturated carbocycles. The van der Waals surface area contributed by atoms with Crippen LogP contribution >= 0.6 is 0 Å². The smallest absolute Gasteiger partial charge is 0.306 e. The molecule has 60 heavy (non-hydrogen) atoms. The highest BCUT2D eigenvalue weighted by Crippen LogP contribution is 2.26. The second-order valence-electron chi connectivity index (χ2n) is 17.0. The van der Waals surface area contributed by atoms with Gasteiger partial charge in [0, 0.05) is 12.8 Å². The molecule has 2 saturated heterocycles. The molecule has 2 rings (SSSR count). The molecule has 15 nitrogen and oxygen atoms in total. The van der Waals surface area contributed by atoms with Gasteiger partial charge in [0.1, 0.15) is 55.4 Å². The summed E-state index contributed by atoms with van der Waals surface area (Å²) < 4.78 is 33.4. The van der Waals surface area contributed by atoms with Crippen LogP contribution in [0.2, 0.25) is 0 Å². The van der Waals surface area contributed by atoms with Crippen LogP contribution in [-0.4, -0.2) is 142 Å². The predicted molar refractivity (Wildman–Crippen MR) is 225 cm³/mol. The molecule has 0 aliphatic carbocycles. The first kappa shape index (κ1) is 54.6. The van der Waals surface area contributed by atoms with Crippen LogP contribution in [0.25, 0.3) is 0 Å². The summed E-state index contributed by atoms with van der Waals surface area (Å²) in [6.45, 7) is 2.56. The van der Waals surface area contributed by atoms with Crippen LogP contribution in [0.3, 0.4) is 0 Å². The first-order valence-electron chi connectivity index (χ1n) is 23.6. The van der Waals surface area contributed by atoms with Crippen LogP contribution in [0.5, 0.6) is 0 Å². The Bertz CT molecular complexity index is 1070. The van der Waals surface area contributed by atoms with Gasteiger partial charge < -0.3 is 64.2 Å². The minimum absolute atomic E-state index is 0.173. The van der Waals surface area contributed by atoms with Crippen LogP contribution in [0.15, 0.2) is 0 Å². The summed E-state index contributed by atoms with van der Waals surface area (Å²) in [5, 5.41) is 71.8. The number of aliphatic hydroxyl groups excluding tert-OH is 7. The van der Waals surface area contributed by atoms with Gasteiger partial charge in [0.05, 0.1) is 19.8 Å². The topological polar surface area (TPSA) is 231 Å². The second kappa shape index (κ2) is 34.0. The van der Waals surface area contributed by atoms with Crippen molar-refractivity contribution in [1.29, 1.82) is 0 Å².